The minimum absolute atomic E-state index is 0.0311. The number of carbonyl (C=O) groups excluding carboxylic acids is 3. The van der Waals surface area contributed by atoms with Crippen LogP contribution in [-0.4, -0.2) is 58.8 Å². The maximum Gasteiger partial charge on any atom is 0.409 e. The molecular weight excluding hydrogens is 638 g/mol. The Morgan fingerprint density at radius 1 is 0.902 bits per heavy atom. The molecule has 0 aliphatic carbocycles. The summed E-state index contributed by atoms with van der Waals surface area (Å²) in [6.45, 7) is 3.82. The highest BCUT2D eigenvalue weighted by Gasteiger charge is 2.26. The first-order valence-corrected chi connectivity index (χ1v) is 18.3. The lowest BCUT2D eigenvalue weighted by atomic mass is 9.91. The third-order valence-corrected chi connectivity index (χ3v) is 8.69. The first kappa shape index (κ1) is 38.6. The number of primary amides is 1. The van der Waals surface area contributed by atoms with Crippen molar-refractivity contribution >= 4 is 28.8 Å². The van der Waals surface area contributed by atoms with E-state index in [1.807, 2.05) is 24.4 Å². The quantitative estimate of drug-likeness (QED) is 0.0966. The van der Waals surface area contributed by atoms with Crippen molar-refractivity contribution in [3.8, 4) is 5.69 Å². The number of nitrogens with two attached hydrogens (primary N) is 1. The van der Waals surface area contributed by atoms with Gasteiger partial charge in [0, 0.05) is 37.0 Å². The molecule has 9 nitrogen and oxygen atoms in total. The summed E-state index contributed by atoms with van der Waals surface area (Å²) in [5, 5.41) is 8.28. The van der Waals surface area contributed by atoms with E-state index < -0.39 is 5.91 Å². The minimum atomic E-state index is -0.505. The Kier molecular flexibility index (Phi) is 16.5. The summed E-state index contributed by atoms with van der Waals surface area (Å²) in [4.78, 5) is 38.6. The number of fused-ring (bicyclic) bond motifs is 1. The zero-order valence-corrected chi connectivity index (χ0v) is 29.9. The van der Waals surface area contributed by atoms with Crippen LogP contribution in [-0.2, 0) is 9.53 Å². The van der Waals surface area contributed by atoms with Gasteiger partial charge < -0.3 is 20.7 Å². The SMILES string of the molecule is CC/C=C\C/C=C\C/C=C\C/C=C\C/C=C\CCCC(=O)NCCOC(=O)N1CCCC(c2ccc(-n3cc4cccc(C(N)=O)c4n3)cc2)C1. The molecular formula is C42H53N5O4. The molecule has 3 N–H and O–H groups in total. The van der Waals surface area contributed by atoms with E-state index >= 15 is 0 Å². The molecule has 1 aliphatic heterocycles. The maximum absolute atomic E-state index is 12.8. The predicted molar refractivity (Wildman–Crippen MR) is 206 cm³/mol. The third-order valence-electron chi connectivity index (χ3n) is 8.69. The summed E-state index contributed by atoms with van der Waals surface area (Å²) < 4.78 is 7.23. The lowest BCUT2D eigenvalue weighted by Crippen LogP contribution is -2.40. The van der Waals surface area contributed by atoms with Gasteiger partial charge in [-0.05, 0) is 81.5 Å². The van der Waals surface area contributed by atoms with Crippen LogP contribution in [0.4, 0.5) is 4.79 Å². The van der Waals surface area contributed by atoms with E-state index in [4.69, 9.17) is 10.5 Å². The Bertz CT molecular complexity index is 1700. The van der Waals surface area contributed by atoms with Crippen molar-refractivity contribution in [2.24, 2.45) is 5.73 Å². The zero-order chi connectivity index (χ0) is 36.1. The van der Waals surface area contributed by atoms with Crippen LogP contribution in [0.15, 0.2) is 109 Å². The molecule has 1 aromatic heterocycles. The summed E-state index contributed by atoms with van der Waals surface area (Å²) >= 11 is 0. The second kappa shape index (κ2) is 21.8. The molecule has 1 unspecified atom stereocenters. The van der Waals surface area contributed by atoms with Gasteiger partial charge in [0.2, 0.25) is 5.91 Å². The van der Waals surface area contributed by atoms with Crippen LogP contribution in [0.25, 0.3) is 16.6 Å². The van der Waals surface area contributed by atoms with Gasteiger partial charge in [0.05, 0.1) is 17.8 Å². The largest absolute Gasteiger partial charge is 0.448 e. The lowest BCUT2D eigenvalue weighted by Gasteiger charge is -2.32. The molecule has 1 fully saturated rings. The molecule has 1 aliphatic rings. The van der Waals surface area contributed by atoms with Crippen LogP contribution in [0.2, 0.25) is 0 Å². The number of likely N-dealkylation sites (tertiary alicyclic amines) is 1. The normalized spacial score (nSPS) is 15.3. The van der Waals surface area contributed by atoms with Gasteiger partial charge >= 0.3 is 6.09 Å². The summed E-state index contributed by atoms with van der Waals surface area (Å²) in [6, 6.07) is 13.5. The number of carbonyl (C=O) groups is 3. The number of rotatable bonds is 19. The molecule has 3 aromatic rings. The number of amides is 3. The number of piperidine rings is 1. The fourth-order valence-electron chi connectivity index (χ4n) is 5.95. The van der Waals surface area contributed by atoms with Gasteiger partial charge in [-0.25, -0.2) is 9.48 Å². The number of nitrogens with one attached hydrogen (secondary N) is 1. The Morgan fingerprint density at radius 3 is 2.24 bits per heavy atom. The van der Waals surface area contributed by atoms with Crippen molar-refractivity contribution in [2.75, 3.05) is 26.2 Å². The van der Waals surface area contributed by atoms with Gasteiger partial charge in [0.25, 0.3) is 5.91 Å². The number of aromatic nitrogens is 2. The average Bonchev–Trinajstić information content (AvgIpc) is 3.59. The molecule has 0 saturated carbocycles. The molecule has 4 rings (SSSR count). The Hall–Kier alpha value is -5.18. The minimum Gasteiger partial charge on any atom is -0.448 e. The van der Waals surface area contributed by atoms with E-state index in [2.05, 4.69) is 90.2 Å². The van der Waals surface area contributed by atoms with Crippen LogP contribution in [0, 0.1) is 0 Å². The van der Waals surface area contributed by atoms with E-state index in [1.165, 1.54) is 0 Å². The number of unbranched alkanes of at least 4 members (excludes halogenated alkanes) is 1. The summed E-state index contributed by atoms with van der Waals surface area (Å²) in [5.74, 6) is -0.340. The Balaban J connectivity index is 1.06. The zero-order valence-electron chi connectivity index (χ0n) is 29.9. The van der Waals surface area contributed by atoms with E-state index in [9.17, 15) is 14.4 Å². The molecule has 0 spiro atoms. The Labute approximate surface area is 302 Å². The summed E-state index contributed by atoms with van der Waals surface area (Å²) in [7, 11) is 0. The monoisotopic (exact) mass is 691 g/mol. The van der Waals surface area contributed by atoms with E-state index in [-0.39, 0.29) is 24.5 Å². The van der Waals surface area contributed by atoms with Gasteiger partial charge in [-0.3, -0.25) is 9.59 Å². The van der Waals surface area contributed by atoms with Crippen LogP contribution >= 0.6 is 0 Å². The van der Waals surface area contributed by atoms with Crippen LogP contribution in [0.5, 0.6) is 0 Å². The fraction of sp³-hybridized carbons (Fsp3) is 0.381. The van der Waals surface area contributed by atoms with Gasteiger partial charge in [-0.15, -0.1) is 0 Å². The molecule has 9 heteroatoms. The highest BCUT2D eigenvalue weighted by Crippen LogP contribution is 2.28. The second-order valence-corrected chi connectivity index (χ2v) is 12.6. The first-order valence-electron chi connectivity index (χ1n) is 18.3. The van der Waals surface area contributed by atoms with Gasteiger partial charge in [0.1, 0.15) is 12.1 Å². The number of nitrogens with zero attached hydrogens (tertiary/aromatic N) is 3. The number of hydrogen-bond donors (Lipinski definition) is 2. The molecule has 270 valence electrons. The molecule has 1 saturated heterocycles. The van der Waals surface area contributed by atoms with E-state index in [0.717, 1.165) is 74.4 Å². The van der Waals surface area contributed by atoms with E-state index in [1.54, 1.807) is 21.7 Å². The van der Waals surface area contributed by atoms with Crippen LogP contribution in [0.1, 0.15) is 93.0 Å². The van der Waals surface area contributed by atoms with Crippen molar-refractivity contribution in [1.29, 1.82) is 0 Å². The van der Waals surface area contributed by atoms with Crippen LogP contribution in [0.3, 0.4) is 0 Å². The molecule has 0 radical (unpaired) electrons. The maximum atomic E-state index is 12.8. The lowest BCUT2D eigenvalue weighted by molar-refractivity contribution is -0.121. The molecule has 2 heterocycles. The first-order chi connectivity index (χ1) is 25.0. The molecule has 1 atom stereocenters. The van der Waals surface area contributed by atoms with Crippen molar-refractivity contribution in [2.45, 2.75) is 77.0 Å². The third kappa shape index (κ3) is 13.2. The highest BCUT2D eigenvalue weighted by atomic mass is 16.6. The average molecular weight is 692 g/mol. The highest BCUT2D eigenvalue weighted by molar-refractivity contribution is 6.04. The molecule has 2 aromatic carbocycles. The molecule has 3 amide bonds. The number of hydrogen-bond acceptors (Lipinski definition) is 5. The predicted octanol–water partition coefficient (Wildman–Crippen LogP) is 8.48. The Morgan fingerprint density at radius 2 is 1.57 bits per heavy atom. The van der Waals surface area contributed by atoms with Crippen molar-refractivity contribution < 1.29 is 19.1 Å². The topological polar surface area (TPSA) is 120 Å². The molecule has 0 bridgehead atoms. The van der Waals surface area contributed by atoms with Crippen LogP contribution < -0.4 is 11.1 Å². The summed E-state index contributed by atoms with van der Waals surface area (Å²) in [6.07, 6.45) is 32.1. The van der Waals surface area contributed by atoms with E-state index in [0.29, 0.717) is 37.1 Å². The van der Waals surface area contributed by atoms with Crippen molar-refractivity contribution in [3.05, 3.63) is 121 Å². The fourth-order valence-corrected chi connectivity index (χ4v) is 5.95. The smallest absolute Gasteiger partial charge is 0.409 e. The number of benzene rings is 2. The molecule has 51 heavy (non-hydrogen) atoms. The van der Waals surface area contributed by atoms with Crippen molar-refractivity contribution in [3.63, 3.8) is 0 Å². The standard InChI is InChI=1S/C42H53N5O4/c1-2-3-4-5-6-7-8-9-10-11-12-13-14-15-16-17-18-24-39(48)44-29-31-51-42(50)46-30-20-22-35(32-46)34-25-27-37(28-26-34)47-33-36-21-19-23-38(41(43)49)40(36)45-47/h3-4,6-7,9-10,12-13,15-16,19,21,23,25-28,33,35H,2,5,8,11,14,17-18,20,22,24,29-32H2,1H3,(H2,43,49)(H,44,48)/b4-3-,7-6-,10-9-,13-12-,16-15-. The summed E-state index contributed by atoms with van der Waals surface area (Å²) in [5.41, 5.74) is 8.50. The van der Waals surface area contributed by atoms with Gasteiger partial charge in [0.15, 0.2) is 0 Å². The van der Waals surface area contributed by atoms with Gasteiger partial charge in [-0.2, -0.15) is 5.10 Å². The number of allylic oxidation sites excluding steroid dienone is 10. The van der Waals surface area contributed by atoms with Crippen molar-refractivity contribution in [1.82, 2.24) is 20.0 Å². The van der Waals surface area contributed by atoms with Gasteiger partial charge in [-0.1, -0.05) is 91.9 Å². The second-order valence-electron chi connectivity index (χ2n) is 12.6. The number of ether oxygens (including phenoxy) is 1.